The first-order valence-corrected chi connectivity index (χ1v) is 11.9. The van der Waals surface area contributed by atoms with E-state index in [0.29, 0.717) is 46.7 Å². The average molecular weight is 510 g/mol. The number of fused-ring (bicyclic) bond motifs is 2. The lowest BCUT2D eigenvalue weighted by Gasteiger charge is -2.18. The number of rotatable bonds is 6. The molecule has 1 atom stereocenters. The van der Waals surface area contributed by atoms with Gasteiger partial charge >= 0.3 is 0 Å². The van der Waals surface area contributed by atoms with Gasteiger partial charge in [0.05, 0.1) is 17.8 Å². The molecule has 184 valence electrons. The molecule has 2 aliphatic heterocycles. The van der Waals surface area contributed by atoms with Crippen LogP contribution in [0.25, 0.3) is 0 Å². The normalized spacial score (nSPS) is 16.8. The monoisotopic (exact) mass is 509 g/mol. The first-order valence-electron chi connectivity index (χ1n) is 11.5. The van der Waals surface area contributed by atoms with Crippen LogP contribution in [0, 0.1) is 11.6 Å². The lowest BCUT2D eigenvalue weighted by Crippen LogP contribution is -2.28. The molecule has 2 aliphatic rings. The number of hydrogen-bond acceptors (Lipinski definition) is 4. The minimum atomic E-state index is -0.918. The number of aliphatic hydroxyl groups is 1. The summed E-state index contributed by atoms with van der Waals surface area (Å²) in [6, 6.07) is 12.5. The van der Waals surface area contributed by atoms with E-state index in [1.807, 2.05) is 12.1 Å². The Bertz CT molecular complexity index is 1410. The molecule has 0 fully saturated rings. The van der Waals surface area contributed by atoms with Gasteiger partial charge in [-0.15, -0.1) is 0 Å². The summed E-state index contributed by atoms with van der Waals surface area (Å²) in [5.41, 5.74) is 3.90. The van der Waals surface area contributed by atoms with Crippen LogP contribution in [0.3, 0.4) is 0 Å². The first-order chi connectivity index (χ1) is 17.3. The van der Waals surface area contributed by atoms with Gasteiger partial charge in [0.2, 0.25) is 11.8 Å². The second-order valence-electron chi connectivity index (χ2n) is 8.76. The van der Waals surface area contributed by atoms with Crippen LogP contribution in [-0.4, -0.2) is 41.8 Å². The van der Waals surface area contributed by atoms with Crippen LogP contribution in [0.2, 0.25) is 5.02 Å². The fraction of sp³-hybridized carbons (Fsp3) is 0.222. The number of amides is 2. The molecule has 0 radical (unpaired) electrons. The Kier molecular flexibility index (Phi) is 6.55. The Balaban J connectivity index is 1.61. The number of carbonyl (C=O) groups excluding carboxylic acids is 2. The molecule has 5 rings (SSSR count). The van der Waals surface area contributed by atoms with Crippen molar-refractivity contribution in [3.8, 4) is 0 Å². The van der Waals surface area contributed by atoms with Crippen LogP contribution in [0.4, 0.5) is 20.2 Å². The number of benzodiazepines with no additional fused rings is 1. The molecule has 0 saturated heterocycles. The maximum atomic E-state index is 14.3. The number of aliphatic imine (C=N–C) groups is 1. The van der Waals surface area contributed by atoms with Crippen LogP contribution >= 0.6 is 11.6 Å². The van der Waals surface area contributed by atoms with Crippen molar-refractivity contribution in [1.29, 1.82) is 0 Å². The summed E-state index contributed by atoms with van der Waals surface area (Å²) in [6.07, 6.45) is 0.796. The highest BCUT2D eigenvalue weighted by Crippen LogP contribution is 2.33. The van der Waals surface area contributed by atoms with Gasteiger partial charge < -0.3 is 15.3 Å². The lowest BCUT2D eigenvalue weighted by atomic mass is 9.98. The van der Waals surface area contributed by atoms with Gasteiger partial charge in [-0.3, -0.25) is 14.6 Å². The number of carbonyl (C=O) groups is 2. The van der Waals surface area contributed by atoms with E-state index < -0.39 is 23.6 Å². The number of benzene rings is 3. The van der Waals surface area contributed by atoms with Gasteiger partial charge in [0, 0.05) is 41.4 Å². The Morgan fingerprint density at radius 1 is 1.06 bits per heavy atom. The molecule has 2 heterocycles. The maximum Gasteiger partial charge on any atom is 0.249 e. The lowest BCUT2D eigenvalue weighted by molar-refractivity contribution is -0.118. The molecule has 1 unspecified atom stereocenters. The van der Waals surface area contributed by atoms with E-state index in [1.54, 1.807) is 11.0 Å². The van der Waals surface area contributed by atoms with E-state index in [1.165, 1.54) is 36.4 Å². The topological polar surface area (TPSA) is 82.0 Å². The number of aliphatic hydroxyl groups excluding tert-OH is 1. The summed E-state index contributed by atoms with van der Waals surface area (Å²) >= 11 is 6.21. The molecule has 2 N–H and O–H groups in total. The van der Waals surface area contributed by atoms with E-state index >= 15 is 0 Å². The van der Waals surface area contributed by atoms with Gasteiger partial charge in [-0.25, -0.2) is 8.78 Å². The highest BCUT2D eigenvalue weighted by Gasteiger charge is 2.30. The third-order valence-electron chi connectivity index (χ3n) is 6.34. The number of nitrogens with zero attached hydrogens (tertiary/aromatic N) is 2. The molecular formula is C27H22ClF2N3O3. The highest BCUT2D eigenvalue weighted by atomic mass is 35.5. The van der Waals surface area contributed by atoms with Gasteiger partial charge in [0.15, 0.2) is 0 Å². The Morgan fingerprint density at radius 3 is 2.61 bits per heavy atom. The van der Waals surface area contributed by atoms with E-state index in [4.69, 9.17) is 16.6 Å². The summed E-state index contributed by atoms with van der Waals surface area (Å²) in [6.45, 7) is 0.328. The molecule has 3 aromatic rings. The molecule has 0 aromatic heterocycles. The molecule has 0 spiro atoms. The number of anilines is 2. The van der Waals surface area contributed by atoms with Crippen molar-refractivity contribution in [1.82, 2.24) is 0 Å². The zero-order valence-electron chi connectivity index (χ0n) is 19.1. The maximum absolute atomic E-state index is 14.3. The summed E-state index contributed by atoms with van der Waals surface area (Å²) in [5.74, 6) is -1.44. The third-order valence-corrected chi connectivity index (χ3v) is 6.69. The van der Waals surface area contributed by atoms with E-state index in [2.05, 4.69) is 5.32 Å². The quantitative estimate of drug-likeness (QED) is 0.520. The van der Waals surface area contributed by atoms with E-state index in [9.17, 15) is 23.5 Å². The van der Waals surface area contributed by atoms with Gasteiger partial charge in [0.25, 0.3) is 0 Å². The molecule has 0 aliphatic carbocycles. The zero-order valence-corrected chi connectivity index (χ0v) is 19.9. The van der Waals surface area contributed by atoms with Gasteiger partial charge in [0.1, 0.15) is 17.7 Å². The second-order valence-corrected chi connectivity index (χ2v) is 9.16. The van der Waals surface area contributed by atoms with Crippen molar-refractivity contribution in [2.75, 3.05) is 23.4 Å². The summed E-state index contributed by atoms with van der Waals surface area (Å²) in [7, 11) is 0. The highest BCUT2D eigenvalue weighted by molar-refractivity contribution is 6.31. The molecule has 9 heteroatoms. The van der Waals surface area contributed by atoms with E-state index in [-0.39, 0.29) is 30.4 Å². The fourth-order valence-corrected chi connectivity index (χ4v) is 4.81. The molecular weight excluding hydrogens is 488 g/mol. The van der Waals surface area contributed by atoms with Crippen molar-refractivity contribution >= 4 is 40.5 Å². The Labute approximate surface area is 211 Å². The van der Waals surface area contributed by atoms with Gasteiger partial charge in [-0.2, -0.15) is 0 Å². The smallest absolute Gasteiger partial charge is 0.249 e. The van der Waals surface area contributed by atoms with Crippen molar-refractivity contribution in [2.45, 2.75) is 25.3 Å². The van der Waals surface area contributed by atoms with Crippen molar-refractivity contribution in [3.63, 3.8) is 0 Å². The molecule has 3 aromatic carbocycles. The Hall–Kier alpha value is -3.62. The minimum absolute atomic E-state index is 0.0421. The second kappa shape index (κ2) is 9.79. The van der Waals surface area contributed by atoms with Crippen molar-refractivity contribution in [2.24, 2.45) is 4.99 Å². The van der Waals surface area contributed by atoms with Crippen molar-refractivity contribution < 1.29 is 23.5 Å². The molecule has 0 bridgehead atoms. The molecule has 0 saturated carbocycles. The molecule has 2 amide bonds. The Morgan fingerprint density at radius 2 is 1.83 bits per heavy atom. The number of halogens is 3. The average Bonchev–Trinajstić information content (AvgIpc) is 3.09. The van der Waals surface area contributed by atoms with Crippen LogP contribution in [0.5, 0.6) is 0 Å². The molecule has 6 nitrogen and oxygen atoms in total. The first kappa shape index (κ1) is 24.1. The van der Waals surface area contributed by atoms with Gasteiger partial charge in [-0.05, 0) is 53.9 Å². The predicted molar refractivity (Wildman–Crippen MR) is 134 cm³/mol. The summed E-state index contributed by atoms with van der Waals surface area (Å²) in [5, 5.41) is 12.2. The minimum Gasteiger partial charge on any atom is -0.396 e. The predicted octanol–water partition coefficient (Wildman–Crippen LogP) is 4.29. The number of nitrogens with one attached hydrogen (secondary N) is 1. The fourth-order valence-electron chi connectivity index (χ4n) is 4.56. The standard InChI is InChI=1S/C27H22ClF2N3O3/c28-21-14-19(30)5-4-15(21)10-23-27(36)32-22-7-6-18(29)13-20(22)26(31-23)17-3-2-16-12-25(35)33(8-1-9-34)24(16)11-17/h2-7,11,13-14,23,34H,1,8-10,12H2,(H,32,36). The van der Waals surface area contributed by atoms with Crippen LogP contribution < -0.4 is 10.2 Å². The zero-order chi connectivity index (χ0) is 25.4. The van der Waals surface area contributed by atoms with E-state index in [0.717, 1.165) is 5.56 Å². The SMILES string of the molecule is O=C1Nc2ccc(F)cc2C(c2ccc3c(c2)N(CCCO)C(=O)C3)=NC1Cc1ccc(F)cc1Cl. The van der Waals surface area contributed by atoms with Crippen LogP contribution in [0.15, 0.2) is 59.6 Å². The summed E-state index contributed by atoms with van der Waals surface area (Å²) in [4.78, 5) is 32.0. The number of hydrogen-bond donors (Lipinski definition) is 2. The molecule has 36 heavy (non-hydrogen) atoms. The summed E-state index contributed by atoms with van der Waals surface area (Å²) < 4.78 is 27.9. The largest absolute Gasteiger partial charge is 0.396 e. The van der Waals surface area contributed by atoms with Crippen molar-refractivity contribution in [3.05, 3.63) is 93.5 Å². The van der Waals surface area contributed by atoms with Crippen LogP contribution in [-0.2, 0) is 22.4 Å². The van der Waals surface area contributed by atoms with Gasteiger partial charge in [-0.1, -0.05) is 29.8 Å². The third kappa shape index (κ3) is 4.62. The van der Waals surface area contributed by atoms with Crippen LogP contribution in [0.1, 0.15) is 28.7 Å².